The van der Waals surface area contributed by atoms with Gasteiger partial charge in [-0.05, 0) is 32.1 Å². The Morgan fingerprint density at radius 2 is 0.600 bits per heavy atom. The smallest absolute Gasteiger partial charge is 0.324 e. The first-order valence-electron chi connectivity index (χ1n) is 15.7. The summed E-state index contributed by atoms with van der Waals surface area (Å²) >= 11 is 0. The van der Waals surface area contributed by atoms with E-state index in [-0.39, 0.29) is 0 Å². The second kappa shape index (κ2) is 29.4. The highest BCUT2D eigenvalue weighted by Crippen LogP contribution is 2.18. The van der Waals surface area contributed by atoms with Crippen molar-refractivity contribution in [2.75, 3.05) is 26.2 Å². The Kier molecular flexibility index (Phi) is 30.5. The van der Waals surface area contributed by atoms with Gasteiger partial charge in [0.1, 0.15) is 4.91 Å². The third-order valence-corrected chi connectivity index (χ3v) is 7.44. The fourth-order valence-corrected chi connectivity index (χ4v) is 5.15. The Bertz CT molecular complexity index is 393. The maximum atomic E-state index is 8.47. The molecule has 0 spiro atoms. The predicted octanol–water partition coefficient (Wildman–Crippen LogP) is 10.0. The van der Waals surface area contributed by atoms with E-state index in [1.165, 1.54) is 172 Å². The molecule has 0 amide bonds. The van der Waals surface area contributed by atoms with Crippen LogP contribution in [0.3, 0.4) is 0 Å². The molecule has 0 heterocycles. The topological polar surface area (TPSA) is 60.5 Å². The van der Waals surface area contributed by atoms with Crippen LogP contribution in [0.5, 0.6) is 0 Å². The van der Waals surface area contributed by atoms with Crippen molar-refractivity contribution in [3.8, 4) is 0 Å². The molecular formula is C30H66N2O3+2. The van der Waals surface area contributed by atoms with Crippen molar-refractivity contribution < 1.29 is 20.0 Å². The van der Waals surface area contributed by atoms with Gasteiger partial charge in [-0.2, -0.15) is 0 Å². The summed E-state index contributed by atoms with van der Waals surface area (Å²) in [5.41, 5.74) is 0. The molecule has 0 bridgehead atoms. The Hall–Kier alpha value is -0.840. The van der Waals surface area contributed by atoms with Crippen molar-refractivity contribution in [2.45, 2.75) is 169 Å². The number of hydrogen-bond acceptors (Lipinski definition) is 1. The molecule has 0 saturated heterocycles. The zero-order valence-corrected chi connectivity index (χ0v) is 24.6. The molecule has 0 aromatic carbocycles. The van der Waals surface area contributed by atoms with Gasteiger partial charge in [0.15, 0.2) is 0 Å². The maximum Gasteiger partial charge on any atom is 0.472 e. The van der Waals surface area contributed by atoms with Gasteiger partial charge in [-0.25, -0.2) is 10.4 Å². The van der Waals surface area contributed by atoms with E-state index in [9.17, 15) is 0 Å². The van der Waals surface area contributed by atoms with Crippen molar-refractivity contribution in [1.29, 1.82) is 0 Å². The molecule has 0 aromatic heterocycles. The van der Waals surface area contributed by atoms with Crippen molar-refractivity contribution in [3.63, 3.8) is 0 Å². The minimum atomic E-state index is -1.25. The molecule has 0 saturated carbocycles. The maximum absolute atomic E-state index is 8.47. The van der Waals surface area contributed by atoms with E-state index in [1.807, 2.05) is 0 Å². The number of unbranched alkanes of at least 4 members (excludes halogenated alkanes) is 18. The minimum absolute atomic E-state index is 1.25. The standard InChI is InChI=1S/C30H64N.H2NO3/c1-5-9-13-14-15-16-17-18-19-20-21-22-23-24-25-26-30-31(27-10-6-2,28-11-7-3)29-12-8-4;2-1(3)4/h5-30H2,1-4H3;(H2,2,3,4)/q2*+1. The summed E-state index contributed by atoms with van der Waals surface area (Å²) in [6.45, 7) is 15.2. The van der Waals surface area contributed by atoms with Crippen LogP contribution in [0.25, 0.3) is 0 Å². The summed E-state index contributed by atoms with van der Waals surface area (Å²) in [7, 11) is 0. The molecule has 0 radical (unpaired) electrons. The van der Waals surface area contributed by atoms with E-state index < -0.39 is 5.09 Å². The van der Waals surface area contributed by atoms with Gasteiger partial charge in [-0.15, -0.1) is 0 Å². The lowest BCUT2D eigenvalue weighted by molar-refractivity contribution is -0.969. The average molecular weight is 503 g/mol. The molecule has 5 heteroatoms. The van der Waals surface area contributed by atoms with Gasteiger partial charge in [-0.3, -0.25) is 0 Å². The van der Waals surface area contributed by atoms with Crippen LogP contribution >= 0.6 is 0 Å². The number of nitrogens with zero attached hydrogens (tertiary/aromatic N) is 2. The molecule has 2 N–H and O–H groups in total. The Labute approximate surface area is 220 Å². The van der Waals surface area contributed by atoms with Crippen LogP contribution in [0.2, 0.25) is 0 Å². The Balaban J connectivity index is 0. The van der Waals surface area contributed by atoms with E-state index in [0.29, 0.717) is 0 Å². The fourth-order valence-electron chi connectivity index (χ4n) is 5.15. The number of rotatable bonds is 26. The Morgan fingerprint density at radius 3 is 0.857 bits per heavy atom. The van der Waals surface area contributed by atoms with Crippen LogP contribution in [-0.4, -0.2) is 46.2 Å². The molecular weight excluding hydrogens is 436 g/mol. The lowest BCUT2D eigenvalue weighted by Crippen LogP contribution is -2.50. The van der Waals surface area contributed by atoms with Crippen LogP contribution in [0.4, 0.5) is 0 Å². The zero-order chi connectivity index (χ0) is 26.5. The molecule has 5 nitrogen and oxygen atoms in total. The number of quaternary nitrogens is 1. The second-order valence-electron chi connectivity index (χ2n) is 10.9. The molecule has 0 aromatic rings. The van der Waals surface area contributed by atoms with E-state index >= 15 is 0 Å². The van der Waals surface area contributed by atoms with Gasteiger partial charge >= 0.3 is 5.09 Å². The summed E-state index contributed by atoms with van der Waals surface area (Å²) in [5.74, 6) is 0. The molecule has 0 aliphatic carbocycles. The summed E-state index contributed by atoms with van der Waals surface area (Å²) in [5, 5.41) is 12.5. The van der Waals surface area contributed by atoms with Crippen molar-refractivity contribution in [3.05, 3.63) is 4.91 Å². The largest absolute Gasteiger partial charge is 0.472 e. The number of hydrogen-bond donors (Lipinski definition) is 2. The fraction of sp³-hybridized carbons (Fsp3) is 1.00. The van der Waals surface area contributed by atoms with Gasteiger partial charge in [0, 0.05) is 0 Å². The molecule has 0 rings (SSSR count). The summed E-state index contributed by atoms with van der Waals surface area (Å²) in [6, 6.07) is 0. The van der Waals surface area contributed by atoms with E-state index in [4.69, 9.17) is 15.3 Å². The second-order valence-corrected chi connectivity index (χ2v) is 10.9. The summed E-state index contributed by atoms with van der Waals surface area (Å²) in [6.07, 6.45) is 31.9. The van der Waals surface area contributed by atoms with Gasteiger partial charge in [0.25, 0.3) is 0 Å². The van der Waals surface area contributed by atoms with E-state index in [0.717, 1.165) is 0 Å². The van der Waals surface area contributed by atoms with Gasteiger partial charge in [0.05, 0.1) is 26.2 Å². The Morgan fingerprint density at radius 1 is 0.400 bits per heavy atom. The van der Waals surface area contributed by atoms with Crippen LogP contribution in [0.1, 0.15) is 169 Å². The van der Waals surface area contributed by atoms with Crippen molar-refractivity contribution in [2.24, 2.45) is 0 Å². The minimum Gasteiger partial charge on any atom is -0.324 e. The molecule has 0 fully saturated rings. The molecule has 0 atom stereocenters. The predicted molar refractivity (Wildman–Crippen MR) is 151 cm³/mol. The molecule has 0 aliphatic rings. The SMILES string of the molecule is CCCCCCCCCCCCCCCCCC[N+](CCCC)(CCCC)CCCC.O=[N+](O)O. The van der Waals surface area contributed by atoms with Crippen LogP contribution < -0.4 is 0 Å². The highest BCUT2D eigenvalue weighted by Gasteiger charge is 2.24. The first-order valence-corrected chi connectivity index (χ1v) is 15.7. The lowest BCUT2D eigenvalue weighted by atomic mass is 10.0. The summed E-state index contributed by atoms with van der Waals surface area (Å²) in [4.78, 5) is 8.47. The van der Waals surface area contributed by atoms with Gasteiger partial charge in [-0.1, -0.05) is 137 Å². The van der Waals surface area contributed by atoms with E-state index in [1.54, 1.807) is 0 Å². The zero-order valence-electron chi connectivity index (χ0n) is 24.6. The third kappa shape index (κ3) is 29.3. The quantitative estimate of drug-likeness (QED) is 0.0702. The normalized spacial score (nSPS) is 11.3. The summed E-state index contributed by atoms with van der Waals surface area (Å²) < 4.78 is 1.44. The first kappa shape index (κ1) is 36.3. The monoisotopic (exact) mass is 503 g/mol. The first-order chi connectivity index (χ1) is 17.0. The van der Waals surface area contributed by atoms with Crippen LogP contribution in [0.15, 0.2) is 0 Å². The molecule has 212 valence electrons. The van der Waals surface area contributed by atoms with Gasteiger partial charge < -0.3 is 4.48 Å². The molecule has 0 aliphatic heterocycles. The molecule has 0 unspecified atom stereocenters. The molecule has 35 heavy (non-hydrogen) atoms. The lowest BCUT2D eigenvalue weighted by Gasteiger charge is -2.39. The highest BCUT2D eigenvalue weighted by atomic mass is 16.9. The van der Waals surface area contributed by atoms with Crippen molar-refractivity contribution >= 4 is 0 Å². The van der Waals surface area contributed by atoms with Gasteiger partial charge in [0.2, 0.25) is 0 Å². The average Bonchev–Trinajstić information content (AvgIpc) is 2.84. The van der Waals surface area contributed by atoms with Crippen LogP contribution in [-0.2, 0) is 0 Å². The highest BCUT2D eigenvalue weighted by molar-refractivity contribution is 4.53. The van der Waals surface area contributed by atoms with Crippen molar-refractivity contribution in [1.82, 2.24) is 0 Å². The van der Waals surface area contributed by atoms with E-state index in [2.05, 4.69) is 27.7 Å². The van der Waals surface area contributed by atoms with Crippen LogP contribution in [0, 0.1) is 4.91 Å². The third-order valence-electron chi connectivity index (χ3n) is 7.44.